The molecule has 0 aliphatic carbocycles. The van der Waals surface area contributed by atoms with Gasteiger partial charge in [-0.15, -0.1) is 0 Å². The molecular formula is C16H15F2N3. The molecule has 3 aromatic rings. The highest BCUT2D eigenvalue weighted by Crippen LogP contribution is 2.13. The van der Waals surface area contributed by atoms with Crippen LogP contribution in [-0.2, 0) is 13.0 Å². The van der Waals surface area contributed by atoms with Gasteiger partial charge in [0.25, 0.3) is 0 Å². The molecule has 5 heteroatoms. The topological polar surface area (TPSA) is 40.7 Å². The number of aromatic amines is 1. The number of H-pyrrole nitrogens is 1. The highest BCUT2D eigenvalue weighted by molar-refractivity contribution is 5.78. The van der Waals surface area contributed by atoms with Gasteiger partial charge in [-0.3, -0.25) is 5.10 Å². The quantitative estimate of drug-likeness (QED) is 0.708. The van der Waals surface area contributed by atoms with E-state index < -0.39 is 5.82 Å². The molecular weight excluding hydrogens is 272 g/mol. The predicted octanol–water partition coefficient (Wildman–Crippen LogP) is 3.17. The number of aromatic nitrogens is 2. The Kier molecular flexibility index (Phi) is 3.92. The summed E-state index contributed by atoms with van der Waals surface area (Å²) < 4.78 is 26.5. The van der Waals surface area contributed by atoms with Gasteiger partial charge in [0.1, 0.15) is 11.6 Å². The van der Waals surface area contributed by atoms with E-state index in [-0.39, 0.29) is 5.82 Å². The lowest BCUT2D eigenvalue weighted by atomic mass is 10.1. The van der Waals surface area contributed by atoms with Gasteiger partial charge in [-0.1, -0.05) is 12.1 Å². The number of halogens is 2. The summed E-state index contributed by atoms with van der Waals surface area (Å²) in [6.45, 7) is 1.26. The van der Waals surface area contributed by atoms with Crippen molar-refractivity contribution < 1.29 is 8.78 Å². The second-order valence-electron chi connectivity index (χ2n) is 4.95. The summed E-state index contributed by atoms with van der Waals surface area (Å²) in [5, 5.41) is 11.2. The fourth-order valence-corrected chi connectivity index (χ4v) is 2.28. The molecule has 3 nitrogen and oxygen atoms in total. The van der Waals surface area contributed by atoms with Crippen LogP contribution >= 0.6 is 0 Å². The van der Waals surface area contributed by atoms with Crippen LogP contribution < -0.4 is 5.32 Å². The van der Waals surface area contributed by atoms with Crippen molar-refractivity contribution in [2.24, 2.45) is 0 Å². The van der Waals surface area contributed by atoms with Crippen LogP contribution in [0.15, 0.2) is 42.6 Å². The van der Waals surface area contributed by atoms with Gasteiger partial charge in [0.15, 0.2) is 0 Å². The molecule has 108 valence electrons. The summed E-state index contributed by atoms with van der Waals surface area (Å²) in [5.41, 5.74) is 2.50. The number of hydrogen-bond donors (Lipinski definition) is 2. The predicted molar refractivity (Wildman–Crippen MR) is 77.9 cm³/mol. The van der Waals surface area contributed by atoms with Gasteiger partial charge in [-0.05, 0) is 48.4 Å². The van der Waals surface area contributed by atoms with E-state index in [4.69, 9.17) is 0 Å². The van der Waals surface area contributed by atoms with E-state index in [0.29, 0.717) is 25.1 Å². The largest absolute Gasteiger partial charge is 0.312 e. The number of rotatable bonds is 5. The maximum atomic E-state index is 13.5. The van der Waals surface area contributed by atoms with E-state index in [2.05, 4.69) is 15.5 Å². The molecule has 0 amide bonds. The first-order valence-corrected chi connectivity index (χ1v) is 6.79. The Labute approximate surface area is 121 Å². The van der Waals surface area contributed by atoms with Crippen molar-refractivity contribution in [2.75, 3.05) is 6.54 Å². The molecule has 2 N–H and O–H groups in total. The lowest BCUT2D eigenvalue weighted by molar-refractivity contribution is 0.577. The summed E-state index contributed by atoms with van der Waals surface area (Å²) in [7, 11) is 0. The molecule has 1 aromatic heterocycles. The van der Waals surface area contributed by atoms with E-state index in [9.17, 15) is 8.78 Å². The smallest absolute Gasteiger partial charge is 0.126 e. The number of hydrogen-bond acceptors (Lipinski definition) is 2. The molecule has 0 unspecified atom stereocenters. The third-order valence-corrected chi connectivity index (χ3v) is 3.41. The van der Waals surface area contributed by atoms with Crippen molar-refractivity contribution in [3.05, 3.63) is 65.4 Å². The zero-order chi connectivity index (χ0) is 14.7. The van der Waals surface area contributed by atoms with Crippen LogP contribution in [0.5, 0.6) is 0 Å². The van der Waals surface area contributed by atoms with Gasteiger partial charge in [-0.25, -0.2) is 8.78 Å². The van der Waals surface area contributed by atoms with Crippen LogP contribution in [-0.4, -0.2) is 16.7 Å². The van der Waals surface area contributed by atoms with Crippen LogP contribution in [0.3, 0.4) is 0 Å². The van der Waals surface area contributed by atoms with E-state index in [1.165, 1.54) is 6.07 Å². The molecule has 1 heterocycles. The highest BCUT2D eigenvalue weighted by atomic mass is 19.1. The molecule has 21 heavy (non-hydrogen) atoms. The van der Waals surface area contributed by atoms with Gasteiger partial charge in [0.2, 0.25) is 0 Å². The summed E-state index contributed by atoms with van der Waals surface area (Å²) in [6.07, 6.45) is 2.23. The minimum Gasteiger partial charge on any atom is -0.312 e. The first-order valence-electron chi connectivity index (χ1n) is 6.79. The van der Waals surface area contributed by atoms with Gasteiger partial charge in [0, 0.05) is 11.9 Å². The number of benzene rings is 2. The third-order valence-electron chi connectivity index (χ3n) is 3.41. The number of fused-ring (bicyclic) bond motifs is 1. The molecule has 0 bridgehead atoms. The first kappa shape index (κ1) is 13.7. The molecule has 0 fully saturated rings. The molecule has 0 radical (unpaired) electrons. The minimum absolute atomic E-state index is 0.364. The second kappa shape index (κ2) is 6.01. The van der Waals surface area contributed by atoms with Crippen molar-refractivity contribution in [1.82, 2.24) is 15.5 Å². The Balaban J connectivity index is 1.55. The van der Waals surface area contributed by atoms with Crippen molar-refractivity contribution in [1.29, 1.82) is 0 Å². The average Bonchev–Trinajstić information content (AvgIpc) is 2.94. The molecule has 3 rings (SSSR count). The van der Waals surface area contributed by atoms with Crippen molar-refractivity contribution in [2.45, 2.75) is 13.0 Å². The molecule has 0 saturated heterocycles. The van der Waals surface area contributed by atoms with Crippen molar-refractivity contribution >= 4 is 10.9 Å². The maximum Gasteiger partial charge on any atom is 0.126 e. The van der Waals surface area contributed by atoms with Gasteiger partial charge < -0.3 is 5.32 Å². The fourth-order valence-electron chi connectivity index (χ4n) is 2.28. The lowest BCUT2D eigenvalue weighted by Gasteiger charge is -2.06. The number of nitrogens with zero attached hydrogens (tertiary/aromatic N) is 1. The fraction of sp³-hybridized carbons (Fsp3) is 0.188. The Hall–Kier alpha value is -2.27. The van der Waals surface area contributed by atoms with E-state index in [1.54, 1.807) is 6.20 Å². The summed E-state index contributed by atoms with van der Waals surface area (Å²) in [5.74, 6) is -0.770. The van der Waals surface area contributed by atoms with Crippen molar-refractivity contribution in [3.63, 3.8) is 0 Å². The van der Waals surface area contributed by atoms with Crippen LogP contribution in [0.2, 0.25) is 0 Å². The van der Waals surface area contributed by atoms with Gasteiger partial charge in [0.05, 0.1) is 11.7 Å². The Bertz CT molecular complexity index is 752. The van der Waals surface area contributed by atoms with E-state index in [0.717, 1.165) is 28.6 Å². The minimum atomic E-state index is -0.406. The van der Waals surface area contributed by atoms with E-state index >= 15 is 0 Å². The monoisotopic (exact) mass is 287 g/mol. The Morgan fingerprint density at radius 3 is 2.90 bits per heavy atom. The van der Waals surface area contributed by atoms with Gasteiger partial charge >= 0.3 is 0 Å². The molecule has 0 aliphatic heterocycles. The highest BCUT2D eigenvalue weighted by Gasteiger charge is 2.03. The van der Waals surface area contributed by atoms with Crippen molar-refractivity contribution in [3.8, 4) is 0 Å². The third kappa shape index (κ3) is 3.25. The van der Waals surface area contributed by atoms with Gasteiger partial charge in [-0.2, -0.15) is 5.10 Å². The van der Waals surface area contributed by atoms with Crippen LogP contribution in [0.4, 0.5) is 8.78 Å². The number of nitrogens with one attached hydrogen (secondary N) is 2. The van der Waals surface area contributed by atoms with E-state index in [1.807, 2.05) is 18.2 Å². The normalized spacial score (nSPS) is 11.1. The first-order chi connectivity index (χ1) is 10.2. The molecule has 0 aliphatic rings. The summed E-state index contributed by atoms with van der Waals surface area (Å²) in [6, 6.07) is 9.59. The molecule has 0 atom stereocenters. The SMILES string of the molecule is Fc1ccc(F)c(CCNCc2ccc3cn[nH]c3c2)c1. The maximum absolute atomic E-state index is 13.5. The average molecular weight is 287 g/mol. The standard InChI is InChI=1S/C16H15F2N3/c17-14-3-4-15(18)12(8-14)5-6-19-9-11-1-2-13-10-20-21-16(13)7-11/h1-4,7-8,10,19H,5-6,9H2,(H,20,21). The second-order valence-corrected chi connectivity index (χ2v) is 4.95. The zero-order valence-corrected chi connectivity index (χ0v) is 11.4. The molecule has 0 spiro atoms. The Morgan fingerprint density at radius 2 is 2.00 bits per heavy atom. The summed E-state index contributed by atoms with van der Waals surface area (Å²) in [4.78, 5) is 0. The summed E-state index contributed by atoms with van der Waals surface area (Å²) >= 11 is 0. The lowest BCUT2D eigenvalue weighted by Crippen LogP contribution is -2.17. The van der Waals surface area contributed by atoms with Crippen LogP contribution in [0, 0.1) is 11.6 Å². The molecule has 2 aromatic carbocycles. The van der Waals surface area contributed by atoms with Crippen LogP contribution in [0.25, 0.3) is 10.9 Å². The Morgan fingerprint density at radius 1 is 1.10 bits per heavy atom. The zero-order valence-electron chi connectivity index (χ0n) is 11.4. The van der Waals surface area contributed by atoms with Crippen LogP contribution in [0.1, 0.15) is 11.1 Å². The molecule has 0 saturated carbocycles.